The molecule has 1 heterocycles. The van der Waals surface area contributed by atoms with Crippen LogP contribution in [0.1, 0.15) is 18.4 Å². The Morgan fingerprint density at radius 3 is 2.43 bits per heavy atom. The Labute approximate surface area is 162 Å². The van der Waals surface area contributed by atoms with Crippen LogP contribution in [0.15, 0.2) is 67.0 Å². The molecule has 0 bridgehead atoms. The molecule has 0 fully saturated rings. The molecule has 6 nitrogen and oxygen atoms in total. The molecule has 0 aliphatic heterocycles. The van der Waals surface area contributed by atoms with E-state index in [9.17, 15) is 14.0 Å². The van der Waals surface area contributed by atoms with Crippen molar-refractivity contribution in [3.8, 4) is 5.69 Å². The van der Waals surface area contributed by atoms with Gasteiger partial charge < -0.3 is 10.6 Å². The zero-order valence-corrected chi connectivity index (χ0v) is 15.3. The summed E-state index contributed by atoms with van der Waals surface area (Å²) < 4.78 is 14.9. The number of aromatic nitrogens is 2. The molecule has 0 saturated carbocycles. The maximum Gasteiger partial charge on any atom is 0.227 e. The molecule has 144 valence electrons. The normalized spacial score (nSPS) is 10.6. The summed E-state index contributed by atoms with van der Waals surface area (Å²) >= 11 is 0. The predicted molar refractivity (Wildman–Crippen MR) is 104 cm³/mol. The molecule has 3 aromatic rings. The average Bonchev–Trinajstić information content (AvgIpc) is 3.17. The molecule has 28 heavy (non-hydrogen) atoms. The average molecular weight is 380 g/mol. The van der Waals surface area contributed by atoms with Crippen LogP contribution in [-0.4, -0.2) is 28.1 Å². The summed E-state index contributed by atoms with van der Waals surface area (Å²) in [5.41, 5.74) is 7.61. The number of para-hydroxylation sites is 1. The molecule has 0 aliphatic rings. The second-order valence-electron chi connectivity index (χ2n) is 6.37. The van der Waals surface area contributed by atoms with E-state index in [1.54, 1.807) is 10.9 Å². The van der Waals surface area contributed by atoms with Crippen molar-refractivity contribution in [1.82, 2.24) is 9.78 Å². The number of aryl methyl sites for hydroxylation is 1. The minimum atomic E-state index is -0.496. The van der Waals surface area contributed by atoms with Gasteiger partial charge in [0, 0.05) is 31.3 Å². The zero-order valence-electron chi connectivity index (χ0n) is 15.3. The van der Waals surface area contributed by atoms with Crippen LogP contribution in [0.25, 0.3) is 5.69 Å². The molecule has 0 spiro atoms. The van der Waals surface area contributed by atoms with E-state index in [2.05, 4.69) is 5.10 Å². The molecule has 0 atom stereocenters. The van der Waals surface area contributed by atoms with Crippen molar-refractivity contribution >= 4 is 17.5 Å². The molecule has 2 amide bonds. The van der Waals surface area contributed by atoms with Crippen LogP contribution in [-0.2, 0) is 16.0 Å². The summed E-state index contributed by atoms with van der Waals surface area (Å²) in [6.07, 6.45) is 4.38. The fraction of sp³-hybridized carbons (Fsp3) is 0.190. The number of hydrogen-bond donors (Lipinski definition) is 1. The van der Waals surface area contributed by atoms with Gasteiger partial charge in [0.1, 0.15) is 5.82 Å². The second kappa shape index (κ2) is 8.94. The lowest BCUT2D eigenvalue weighted by Gasteiger charge is -2.22. The highest BCUT2D eigenvalue weighted by Crippen LogP contribution is 2.18. The zero-order chi connectivity index (χ0) is 19.9. The highest BCUT2D eigenvalue weighted by molar-refractivity contribution is 5.94. The number of rotatable bonds is 8. The van der Waals surface area contributed by atoms with Crippen molar-refractivity contribution in [2.45, 2.75) is 19.3 Å². The van der Waals surface area contributed by atoms with E-state index in [0.29, 0.717) is 12.1 Å². The minimum absolute atomic E-state index is 0.0368. The number of primary amides is 1. The smallest absolute Gasteiger partial charge is 0.227 e. The maximum atomic E-state index is 13.2. The highest BCUT2D eigenvalue weighted by Gasteiger charge is 2.17. The van der Waals surface area contributed by atoms with Crippen molar-refractivity contribution in [2.24, 2.45) is 5.73 Å². The van der Waals surface area contributed by atoms with Gasteiger partial charge in [-0.05, 0) is 48.4 Å². The molecule has 7 heteroatoms. The fourth-order valence-electron chi connectivity index (χ4n) is 2.84. The number of nitrogens with zero attached hydrogens (tertiary/aromatic N) is 3. The van der Waals surface area contributed by atoms with E-state index in [4.69, 9.17) is 5.73 Å². The Bertz CT molecular complexity index is 939. The number of nitrogens with two attached hydrogens (primary N) is 1. The molecule has 0 radical (unpaired) electrons. The quantitative estimate of drug-likeness (QED) is 0.652. The van der Waals surface area contributed by atoms with Crippen molar-refractivity contribution in [3.05, 3.63) is 78.4 Å². The number of hydrogen-bond acceptors (Lipinski definition) is 3. The first-order valence-corrected chi connectivity index (χ1v) is 8.96. The van der Waals surface area contributed by atoms with E-state index in [0.717, 1.165) is 11.3 Å². The standard InChI is InChI=1S/C21H21FN4O2/c22-17-7-9-18(10-8-17)25(13-12-20(23)27)21(28)11-6-16-14-24-26(15-16)19-4-2-1-3-5-19/h1-5,7-10,14-15H,6,11-13H2,(H2,23,27). The third-order valence-electron chi connectivity index (χ3n) is 4.31. The van der Waals surface area contributed by atoms with E-state index < -0.39 is 5.91 Å². The fourth-order valence-corrected chi connectivity index (χ4v) is 2.84. The van der Waals surface area contributed by atoms with Gasteiger partial charge in [-0.3, -0.25) is 9.59 Å². The Kier molecular flexibility index (Phi) is 6.16. The number of benzene rings is 2. The first-order valence-electron chi connectivity index (χ1n) is 8.96. The van der Waals surface area contributed by atoms with Crippen molar-refractivity contribution < 1.29 is 14.0 Å². The molecule has 3 rings (SSSR count). The minimum Gasteiger partial charge on any atom is -0.370 e. The molecule has 2 N–H and O–H groups in total. The molecule has 0 saturated heterocycles. The molecular formula is C21H21FN4O2. The first kappa shape index (κ1) is 19.3. The number of carbonyl (C=O) groups is 2. The van der Waals surface area contributed by atoms with E-state index in [-0.39, 0.29) is 31.1 Å². The van der Waals surface area contributed by atoms with Crippen molar-refractivity contribution in [1.29, 1.82) is 0 Å². The monoisotopic (exact) mass is 380 g/mol. The Morgan fingerprint density at radius 2 is 1.75 bits per heavy atom. The van der Waals surface area contributed by atoms with Crippen LogP contribution in [0.3, 0.4) is 0 Å². The summed E-state index contributed by atoms with van der Waals surface area (Å²) in [5.74, 6) is -1.05. The summed E-state index contributed by atoms with van der Waals surface area (Å²) in [7, 11) is 0. The SMILES string of the molecule is NC(=O)CCN(C(=O)CCc1cnn(-c2ccccc2)c1)c1ccc(F)cc1. The molecule has 0 unspecified atom stereocenters. The number of amides is 2. The largest absolute Gasteiger partial charge is 0.370 e. The van der Waals surface area contributed by atoms with Gasteiger partial charge in [0.2, 0.25) is 11.8 Å². The van der Waals surface area contributed by atoms with E-state index in [1.807, 2.05) is 36.5 Å². The third-order valence-corrected chi connectivity index (χ3v) is 4.31. The summed E-state index contributed by atoms with van der Waals surface area (Å²) in [6.45, 7) is 0.156. The van der Waals surface area contributed by atoms with E-state index in [1.165, 1.54) is 29.2 Å². The lowest BCUT2D eigenvalue weighted by atomic mass is 10.1. The van der Waals surface area contributed by atoms with Crippen molar-refractivity contribution in [3.63, 3.8) is 0 Å². The molecule has 1 aromatic heterocycles. The van der Waals surface area contributed by atoms with Crippen LogP contribution in [0, 0.1) is 5.82 Å². The Balaban J connectivity index is 1.67. The first-order chi connectivity index (χ1) is 13.5. The van der Waals surface area contributed by atoms with Crippen LogP contribution in [0.5, 0.6) is 0 Å². The Morgan fingerprint density at radius 1 is 1.04 bits per heavy atom. The van der Waals surface area contributed by atoms with Crippen LogP contribution in [0.2, 0.25) is 0 Å². The van der Waals surface area contributed by atoms with Crippen molar-refractivity contribution in [2.75, 3.05) is 11.4 Å². The third kappa shape index (κ3) is 5.03. The van der Waals surface area contributed by atoms with Crippen LogP contribution >= 0.6 is 0 Å². The van der Waals surface area contributed by atoms with Gasteiger partial charge in [-0.15, -0.1) is 0 Å². The lowest BCUT2D eigenvalue weighted by Crippen LogP contribution is -2.34. The topological polar surface area (TPSA) is 81.2 Å². The summed E-state index contributed by atoms with van der Waals surface area (Å²) in [4.78, 5) is 25.4. The Hall–Kier alpha value is -3.48. The molecule has 2 aromatic carbocycles. The van der Waals surface area contributed by atoms with Gasteiger partial charge in [-0.1, -0.05) is 18.2 Å². The van der Waals surface area contributed by atoms with Crippen LogP contribution < -0.4 is 10.6 Å². The number of carbonyl (C=O) groups excluding carboxylic acids is 2. The van der Waals surface area contributed by atoms with Gasteiger partial charge in [0.25, 0.3) is 0 Å². The van der Waals surface area contributed by atoms with Crippen LogP contribution in [0.4, 0.5) is 10.1 Å². The predicted octanol–water partition coefficient (Wildman–Crippen LogP) is 2.85. The summed E-state index contributed by atoms with van der Waals surface area (Å²) in [5, 5.41) is 4.33. The van der Waals surface area contributed by atoms with Gasteiger partial charge in [-0.25, -0.2) is 9.07 Å². The summed E-state index contributed by atoms with van der Waals surface area (Å²) in [6, 6.07) is 15.3. The van der Waals surface area contributed by atoms with Gasteiger partial charge in [0.15, 0.2) is 0 Å². The van der Waals surface area contributed by atoms with Gasteiger partial charge in [-0.2, -0.15) is 5.10 Å². The van der Waals surface area contributed by atoms with Gasteiger partial charge in [0.05, 0.1) is 11.9 Å². The molecule has 0 aliphatic carbocycles. The lowest BCUT2D eigenvalue weighted by molar-refractivity contribution is -0.119. The number of halogens is 1. The second-order valence-corrected chi connectivity index (χ2v) is 6.37. The maximum absolute atomic E-state index is 13.2. The van der Waals surface area contributed by atoms with Gasteiger partial charge >= 0.3 is 0 Å². The number of anilines is 1. The van der Waals surface area contributed by atoms with E-state index >= 15 is 0 Å². The highest BCUT2D eigenvalue weighted by atomic mass is 19.1. The molecular weight excluding hydrogens is 359 g/mol.